The third-order valence-corrected chi connectivity index (χ3v) is 4.88. The lowest BCUT2D eigenvalue weighted by Gasteiger charge is -2.18. The van der Waals surface area contributed by atoms with Crippen molar-refractivity contribution in [1.29, 1.82) is 0 Å². The molecule has 0 bridgehead atoms. The van der Waals surface area contributed by atoms with Crippen LogP contribution in [0.5, 0.6) is 0 Å². The average molecular weight is 297 g/mol. The number of hydrogen-bond acceptors (Lipinski definition) is 5. The maximum Gasteiger partial charge on any atom is 0.576 e. The second-order valence-electron chi connectivity index (χ2n) is 3.99. The van der Waals surface area contributed by atoms with Crippen LogP contribution in [0.4, 0.5) is 0 Å². The van der Waals surface area contributed by atoms with Crippen molar-refractivity contribution in [1.82, 2.24) is 0 Å². The molecule has 0 amide bonds. The van der Waals surface area contributed by atoms with E-state index in [9.17, 15) is 9.59 Å². The molecule has 0 saturated heterocycles. The van der Waals surface area contributed by atoms with Gasteiger partial charge in [-0.05, 0) is 12.0 Å². The summed E-state index contributed by atoms with van der Waals surface area (Å²) in [5, 5.41) is 0.766. The lowest BCUT2D eigenvalue weighted by Crippen LogP contribution is -2.41. The standard InChI is InChI=1S/C13H17O4SSi/c1-4-12(18)11-7-5-6-8-13(11)19(16-9(2)14)17-10(3)15/h5-8,12,18H,4H2,1-3H3. The quantitative estimate of drug-likeness (QED) is 0.666. The molecule has 1 aromatic carbocycles. The van der Waals surface area contributed by atoms with Crippen molar-refractivity contribution in [3.05, 3.63) is 29.8 Å². The molecule has 1 aromatic rings. The normalized spacial score (nSPS) is 12.1. The summed E-state index contributed by atoms with van der Waals surface area (Å²) >= 11 is 4.50. The molecule has 0 fully saturated rings. The van der Waals surface area contributed by atoms with Gasteiger partial charge in [-0.2, -0.15) is 12.6 Å². The van der Waals surface area contributed by atoms with Gasteiger partial charge in [-0.1, -0.05) is 31.2 Å². The lowest BCUT2D eigenvalue weighted by molar-refractivity contribution is -0.137. The zero-order valence-electron chi connectivity index (χ0n) is 11.2. The van der Waals surface area contributed by atoms with Crippen LogP contribution in [-0.4, -0.2) is 21.2 Å². The van der Waals surface area contributed by atoms with E-state index in [1.807, 2.05) is 31.2 Å². The molecular formula is C13H17O4SSi. The molecule has 0 aliphatic rings. The summed E-state index contributed by atoms with van der Waals surface area (Å²) in [6.07, 6.45) is 0.829. The number of carbonyl (C=O) groups excluding carboxylic acids is 2. The van der Waals surface area contributed by atoms with Crippen LogP contribution in [0.1, 0.15) is 38.0 Å². The van der Waals surface area contributed by atoms with Crippen LogP contribution >= 0.6 is 12.6 Å². The van der Waals surface area contributed by atoms with Gasteiger partial charge in [0.15, 0.2) is 0 Å². The Morgan fingerprint density at radius 2 is 1.74 bits per heavy atom. The molecule has 0 N–H and O–H groups in total. The first-order chi connectivity index (χ1) is 8.95. The van der Waals surface area contributed by atoms with Gasteiger partial charge in [0.25, 0.3) is 11.9 Å². The van der Waals surface area contributed by atoms with Crippen LogP contribution in [-0.2, 0) is 18.4 Å². The fourth-order valence-electron chi connectivity index (χ4n) is 1.59. The third-order valence-electron chi connectivity index (χ3n) is 2.40. The Kier molecular flexibility index (Phi) is 6.10. The Balaban J connectivity index is 3.13. The molecule has 0 spiro atoms. The van der Waals surface area contributed by atoms with Crippen molar-refractivity contribution in [2.75, 3.05) is 0 Å². The molecule has 6 heteroatoms. The first-order valence-electron chi connectivity index (χ1n) is 5.96. The summed E-state index contributed by atoms with van der Waals surface area (Å²) in [4.78, 5) is 22.3. The maximum atomic E-state index is 11.2. The van der Waals surface area contributed by atoms with Crippen molar-refractivity contribution < 1.29 is 18.4 Å². The van der Waals surface area contributed by atoms with E-state index in [1.165, 1.54) is 13.8 Å². The first kappa shape index (κ1) is 15.8. The van der Waals surface area contributed by atoms with Crippen molar-refractivity contribution in [3.63, 3.8) is 0 Å². The summed E-state index contributed by atoms with van der Waals surface area (Å²) in [5.41, 5.74) is 0.935. The van der Waals surface area contributed by atoms with Crippen LogP contribution < -0.4 is 5.19 Å². The van der Waals surface area contributed by atoms with Gasteiger partial charge in [-0.15, -0.1) is 0 Å². The summed E-state index contributed by atoms with van der Waals surface area (Å²) in [7, 11) is -2.15. The molecule has 1 radical (unpaired) electrons. The van der Waals surface area contributed by atoms with E-state index < -0.39 is 21.2 Å². The van der Waals surface area contributed by atoms with E-state index in [-0.39, 0.29) is 5.25 Å². The van der Waals surface area contributed by atoms with E-state index in [4.69, 9.17) is 8.85 Å². The Hall–Kier alpha value is -1.27. The fraction of sp³-hybridized carbons (Fsp3) is 0.385. The molecule has 19 heavy (non-hydrogen) atoms. The molecule has 0 heterocycles. The van der Waals surface area contributed by atoms with Crippen molar-refractivity contribution >= 4 is 39.0 Å². The minimum absolute atomic E-state index is 0.0160. The Bertz CT molecular complexity index is 448. The second-order valence-corrected chi connectivity index (χ2v) is 6.13. The van der Waals surface area contributed by atoms with E-state index in [1.54, 1.807) is 0 Å². The zero-order chi connectivity index (χ0) is 14.4. The van der Waals surface area contributed by atoms with Gasteiger partial charge in [-0.3, -0.25) is 9.59 Å². The highest BCUT2D eigenvalue weighted by molar-refractivity contribution is 7.80. The van der Waals surface area contributed by atoms with Crippen molar-refractivity contribution in [3.8, 4) is 0 Å². The maximum absolute atomic E-state index is 11.2. The minimum atomic E-state index is -2.15. The van der Waals surface area contributed by atoms with Gasteiger partial charge in [0.1, 0.15) is 0 Å². The van der Waals surface area contributed by atoms with Crippen LogP contribution in [0, 0.1) is 0 Å². The predicted molar refractivity (Wildman–Crippen MR) is 77.4 cm³/mol. The van der Waals surface area contributed by atoms with Gasteiger partial charge in [0.05, 0.1) is 0 Å². The average Bonchev–Trinajstić information content (AvgIpc) is 2.36. The molecule has 0 aromatic heterocycles. The van der Waals surface area contributed by atoms with E-state index in [2.05, 4.69) is 12.6 Å². The second kappa shape index (κ2) is 7.35. The molecule has 0 aliphatic carbocycles. The summed E-state index contributed by atoms with van der Waals surface area (Å²) in [6.45, 7) is 4.61. The van der Waals surface area contributed by atoms with Crippen LogP contribution in [0.25, 0.3) is 0 Å². The minimum Gasteiger partial charge on any atom is -0.480 e. The number of hydrogen-bond donors (Lipinski definition) is 1. The molecule has 103 valence electrons. The number of thiol groups is 1. The third kappa shape index (κ3) is 4.72. The summed E-state index contributed by atoms with van der Waals surface area (Å²) < 4.78 is 10.3. The molecule has 0 saturated carbocycles. The van der Waals surface area contributed by atoms with Gasteiger partial charge in [-0.25, -0.2) is 0 Å². The Labute approximate surface area is 120 Å². The topological polar surface area (TPSA) is 52.6 Å². The van der Waals surface area contributed by atoms with Gasteiger partial charge >= 0.3 is 9.28 Å². The van der Waals surface area contributed by atoms with E-state index in [0.717, 1.165) is 17.2 Å². The van der Waals surface area contributed by atoms with Crippen LogP contribution in [0.3, 0.4) is 0 Å². The van der Waals surface area contributed by atoms with Crippen LogP contribution in [0.2, 0.25) is 0 Å². The van der Waals surface area contributed by atoms with Gasteiger partial charge in [0, 0.05) is 24.3 Å². The SMILES string of the molecule is CCC(S)c1ccccc1[Si](OC(C)=O)OC(C)=O. The number of benzene rings is 1. The summed E-state index contributed by atoms with van der Waals surface area (Å²) in [6, 6.07) is 7.44. The zero-order valence-corrected chi connectivity index (χ0v) is 13.1. The first-order valence-corrected chi connectivity index (χ1v) is 7.80. The number of rotatable bonds is 5. The smallest absolute Gasteiger partial charge is 0.480 e. The lowest BCUT2D eigenvalue weighted by atomic mass is 10.1. The van der Waals surface area contributed by atoms with Gasteiger partial charge in [0.2, 0.25) is 0 Å². The monoisotopic (exact) mass is 297 g/mol. The predicted octanol–water partition coefficient (Wildman–Crippen LogP) is 1.89. The van der Waals surface area contributed by atoms with Crippen LogP contribution in [0.15, 0.2) is 24.3 Å². The van der Waals surface area contributed by atoms with E-state index >= 15 is 0 Å². The largest absolute Gasteiger partial charge is 0.576 e. The highest BCUT2D eigenvalue weighted by atomic mass is 32.1. The summed E-state index contributed by atoms with van der Waals surface area (Å²) in [5.74, 6) is -0.922. The van der Waals surface area contributed by atoms with E-state index in [0.29, 0.717) is 0 Å². The molecule has 4 nitrogen and oxygen atoms in total. The highest BCUT2D eigenvalue weighted by Crippen LogP contribution is 2.22. The van der Waals surface area contributed by atoms with Gasteiger partial charge < -0.3 is 8.85 Å². The molecule has 1 rings (SSSR count). The molecule has 1 atom stereocenters. The Morgan fingerprint density at radius 3 is 2.21 bits per heavy atom. The molecular weight excluding hydrogens is 280 g/mol. The van der Waals surface area contributed by atoms with Crippen molar-refractivity contribution in [2.45, 2.75) is 32.4 Å². The molecule has 0 aliphatic heterocycles. The Morgan fingerprint density at radius 1 is 1.21 bits per heavy atom. The van der Waals surface area contributed by atoms with Crippen molar-refractivity contribution in [2.24, 2.45) is 0 Å². The number of carbonyl (C=O) groups is 2. The fourth-order valence-corrected chi connectivity index (χ4v) is 3.44. The molecule has 1 unspecified atom stereocenters. The highest BCUT2D eigenvalue weighted by Gasteiger charge is 2.30.